The number of fused-ring (bicyclic) bond motifs is 5. The Morgan fingerprint density at radius 3 is 2.47 bits per heavy atom. The number of halogens is 3. The van der Waals surface area contributed by atoms with E-state index in [-0.39, 0.29) is 17.1 Å². The number of rotatable bonds is 1. The molecule has 3 aromatic carbocycles. The van der Waals surface area contributed by atoms with Crippen LogP contribution < -0.4 is 10.1 Å². The second kappa shape index (κ2) is 7.02. The maximum absolute atomic E-state index is 14.7. The second-order valence-corrected chi connectivity index (χ2v) is 8.91. The molecule has 0 saturated heterocycles. The Bertz CT molecular complexity index is 1350. The highest BCUT2D eigenvalue weighted by Crippen LogP contribution is 2.50. The molecule has 0 saturated carbocycles. The number of hydrogen-bond donors (Lipinski definition) is 1. The standard InChI is InChI=1S/C27H22F3NO/c1-14-13-27(3,4)31-22-9-8-18-19-11-17(28)12-21(30)26(19)32-23(25(18)24(14)22)10-16-6-5-7-20(29)15(16)2/h5-13,31H,1-4H3. The van der Waals surface area contributed by atoms with Crippen molar-refractivity contribution in [3.05, 3.63) is 88.2 Å². The molecule has 3 aromatic rings. The molecule has 2 nitrogen and oxygen atoms in total. The lowest BCUT2D eigenvalue weighted by molar-refractivity contribution is 0.460. The Balaban J connectivity index is 1.84. The third-order valence-electron chi connectivity index (χ3n) is 5.99. The van der Waals surface area contributed by atoms with Crippen molar-refractivity contribution < 1.29 is 17.9 Å². The molecule has 0 bridgehead atoms. The molecule has 0 fully saturated rings. The van der Waals surface area contributed by atoms with Crippen LogP contribution in [0.5, 0.6) is 5.75 Å². The molecule has 1 N–H and O–H groups in total. The zero-order valence-electron chi connectivity index (χ0n) is 18.2. The van der Waals surface area contributed by atoms with Gasteiger partial charge in [-0.25, -0.2) is 13.2 Å². The molecular formula is C27H22F3NO. The molecular weight excluding hydrogens is 411 g/mol. The van der Waals surface area contributed by atoms with Gasteiger partial charge in [-0.05, 0) is 74.2 Å². The van der Waals surface area contributed by atoms with E-state index in [1.54, 1.807) is 25.1 Å². The Kier molecular flexibility index (Phi) is 4.48. The van der Waals surface area contributed by atoms with Crippen LogP contribution in [0.4, 0.5) is 18.9 Å². The van der Waals surface area contributed by atoms with Crippen molar-refractivity contribution in [1.29, 1.82) is 0 Å². The number of hydrogen-bond acceptors (Lipinski definition) is 2. The highest BCUT2D eigenvalue weighted by atomic mass is 19.1. The van der Waals surface area contributed by atoms with Gasteiger partial charge in [0.1, 0.15) is 17.4 Å². The van der Waals surface area contributed by atoms with Gasteiger partial charge in [-0.15, -0.1) is 0 Å². The lowest BCUT2D eigenvalue weighted by Crippen LogP contribution is -2.32. The molecule has 0 aromatic heterocycles. The molecule has 2 heterocycles. The first kappa shape index (κ1) is 20.4. The predicted molar refractivity (Wildman–Crippen MR) is 123 cm³/mol. The van der Waals surface area contributed by atoms with Crippen molar-refractivity contribution in [1.82, 2.24) is 0 Å². The molecule has 2 aliphatic heterocycles. The monoisotopic (exact) mass is 433 g/mol. The Morgan fingerprint density at radius 1 is 0.906 bits per heavy atom. The third kappa shape index (κ3) is 3.20. The van der Waals surface area contributed by atoms with Gasteiger partial charge >= 0.3 is 0 Å². The minimum Gasteiger partial charge on any atom is -0.453 e. The van der Waals surface area contributed by atoms with Gasteiger partial charge < -0.3 is 10.1 Å². The minimum absolute atomic E-state index is 0.0371. The van der Waals surface area contributed by atoms with E-state index in [2.05, 4.69) is 25.2 Å². The summed E-state index contributed by atoms with van der Waals surface area (Å²) in [6, 6.07) is 10.7. The van der Waals surface area contributed by atoms with Crippen LogP contribution >= 0.6 is 0 Å². The highest BCUT2D eigenvalue weighted by molar-refractivity contribution is 6.00. The van der Waals surface area contributed by atoms with Gasteiger partial charge in [0.25, 0.3) is 0 Å². The molecule has 2 aliphatic rings. The van der Waals surface area contributed by atoms with Crippen molar-refractivity contribution in [2.45, 2.75) is 33.2 Å². The zero-order valence-corrected chi connectivity index (χ0v) is 18.2. The summed E-state index contributed by atoms with van der Waals surface area (Å²) < 4.78 is 49.1. The average molecular weight is 433 g/mol. The Labute approximate surface area is 185 Å². The quantitative estimate of drug-likeness (QED) is 0.427. The van der Waals surface area contributed by atoms with Crippen molar-refractivity contribution in [2.75, 3.05) is 5.32 Å². The van der Waals surface area contributed by atoms with E-state index in [9.17, 15) is 13.2 Å². The summed E-state index contributed by atoms with van der Waals surface area (Å²) >= 11 is 0. The molecule has 0 aliphatic carbocycles. The van der Waals surface area contributed by atoms with Crippen molar-refractivity contribution in [3.63, 3.8) is 0 Å². The van der Waals surface area contributed by atoms with Crippen LogP contribution in [0.2, 0.25) is 0 Å². The summed E-state index contributed by atoms with van der Waals surface area (Å²) in [6.07, 6.45) is 3.83. The number of ether oxygens (including phenoxy) is 1. The maximum atomic E-state index is 14.7. The SMILES string of the molecule is CC1=CC(C)(C)Nc2ccc3c(c21)C(=Cc1cccc(F)c1C)Oc1c(F)cc(F)cc1-3. The van der Waals surface area contributed by atoms with Crippen molar-refractivity contribution in [2.24, 2.45) is 0 Å². The average Bonchev–Trinajstić information content (AvgIpc) is 2.70. The predicted octanol–water partition coefficient (Wildman–Crippen LogP) is 7.58. The van der Waals surface area contributed by atoms with Gasteiger partial charge in [-0.2, -0.15) is 0 Å². The number of allylic oxidation sites excluding steroid dienone is 1. The van der Waals surface area contributed by atoms with Gasteiger partial charge in [0, 0.05) is 28.4 Å². The summed E-state index contributed by atoms with van der Waals surface area (Å²) in [7, 11) is 0. The largest absolute Gasteiger partial charge is 0.453 e. The molecule has 5 rings (SSSR count). The summed E-state index contributed by atoms with van der Waals surface area (Å²) in [4.78, 5) is 0. The lowest BCUT2D eigenvalue weighted by Gasteiger charge is -2.35. The molecule has 5 heteroatoms. The van der Waals surface area contributed by atoms with E-state index in [1.165, 1.54) is 12.1 Å². The van der Waals surface area contributed by atoms with Crippen molar-refractivity contribution >= 4 is 23.1 Å². The number of benzene rings is 3. The maximum Gasteiger partial charge on any atom is 0.171 e. The first-order chi connectivity index (χ1) is 15.1. The summed E-state index contributed by atoms with van der Waals surface area (Å²) in [5, 5.41) is 3.50. The number of anilines is 1. The fraction of sp³-hybridized carbons (Fsp3) is 0.185. The number of nitrogens with one attached hydrogen (secondary N) is 1. The van der Waals surface area contributed by atoms with E-state index in [4.69, 9.17) is 4.74 Å². The fourth-order valence-corrected chi connectivity index (χ4v) is 4.64. The first-order valence-corrected chi connectivity index (χ1v) is 10.4. The van der Waals surface area contributed by atoms with Crippen LogP contribution in [0, 0.1) is 24.4 Å². The normalized spacial score (nSPS) is 17.0. The van der Waals surface area contributed by atoms with Gasteiger partial charge in [-0.1, -0.05) is 24.3 Å². The van der Waals surface area contributed by atoms with Crippen LogP contribution in [0.15, 0.2) is 48.5 Å². The van der Waals surface area contributed by atoms with E-state index >= 15 is 0 Å². The van der Waals surface area contributed by atoms with Crippen LogP contribution in [0.1, 0.15) is 43.0 Å². The van der Waals surface area contributed by atoms with E-state index in [1.807, 2.05) is 19.1 Å². The molecule has 0 unspecified atom stereocenters. The van der Waals surface area contributed by atoms with Crippen LogP contribution in [0.25, 0.3) is 28.5 Å². The second-order valence-electron chi connectivity index (χ2n) is 8.91. The topological polar surface area (TPSA) is 21.3 Å². The Morgan fingerprint density at radius 2 is 1.69 bits per heavy atom. The van der Waals surface area contributed by atoms with E-state index in [0.717, 1.165) is 28.5 Å². The highest BCUT2D eigenvalue weighted by Gasteiger charge is 2.32. The Hall–Kier alpha value is -3.47. The van der Waals surface area contributed by atoms with Crippen LogP contribution in [-0.2, 0) is 0 Å². The van der Waals surface area contributed by atoms with E-state index in [0.29, 0.717) is 28.0 Å². The summed E-state index contributed by atoms with van der Waals surface area (Å²) in [6.45, 7) is 7.84. The molecule has 0 amide bonds. The lowest BCUT2D eigenvalue weighted by atomic mass is 9.83. The first-order valence-electron chi connectivity index (χ1n) is 10.4. The molecule has 0 radical (unpaired) electrons. The molecule has 0 spiro atoms. The minimum atomic E-state index is -0.781. The van der Waals surface area contributed by atoms with Crippen LogP contribution in [0.3, 0.4) is 0 Å². The van der Waals surface area contributed by atoms with Gasteiger partial charge in [0.05, 0.1) is 5.54 Å². The zero-order chi connectivity index (χ0) is 22.8. The van der Waals surface area contributed by atoms with E-state index < -0.39 is 11.6 Å². The smallest absolute Gasteiger partial charge is 0.171 e. The van der Waals surface area contributed by atoms with Gasteiger partial charge in [-0.3, -0.25) is 0 Å². The third-order valence-corrected chi connectivity index (χ3v) is 5.99. The van der Waals surface area contributed by atoms with Crippen LogP contribution in [-0.4, -0.2) is 5.54 Å². The molecule has 32 heavy (non-hydrogen) atoms. The van der Waals surface area contributed by atoms with Crippen molar-refractivity contribution in [3.8, 4) is 16.9 Å². The fourth-order valence-electron chi connectivity index (χ4n) is 4.64. The molecule has 0 atom stereocenters. The van der Waals surface area contributed by atoms with Gasteiger partial charge in [0.15, 0.2) is 11.6 Å². The summed E-state index contributed by atoms with van der Waals surface area (Å²) in [5.74, 6) is -1.44. The van der Waals surface area contributed by atoms with Gasteiger partial charge in [0.2, 0.25) is 0 Å². The molecule has 162 valence electrons. The summed E-state index contributed by atoms with van der Waals surface area (Å²) in [5.41, 5.74) is 5.40.